The number of unbranched alkanes of at least 4 members (excludes halogenated alkanes) is 32. The summed E-state index contributed by atoms with van der Waals surface area (Å²) in [6, 6.07) is 0. The highest BCUT2D eigenvalue weighted by Gasteiger charge is 2.30. The molecular formula is C70H136O17P2. The van der Waals surface area contributed by atoms with Crippen molar-refractivity contribution in [3.8, 4) is 0 Å². The van der Waals surface area contributed by atoms with Gasteiger partial charge in [-0.25, -0.2) is 9.13 Å². The zero-order valence-corrected chi connectivity index (χ0v) is 59.8. The third kappa shape index (κ3) is 63.2. The van der Waals surface area contributed by atoms with Gasteiger partial charge in [-0.05, 0) is 49.4 Å². The lowest BCUT2D eigenvalue weighted by atomic mass is 10.00. The molecule has 0 aliphatic heterocycles. The number of phosphoric acid groups is 2. The lowest BCUT2D eigenvalue weighted by Crippen LogP contribution is -2.30. The lowest BCUT2D eigenvalue weighted by molar-refractivity contribution is -0.161. The van der Waals surface area contributed by atoms with E-state index in [9.17, 15) is 43.2 Å². The molecule has 0 aromatic rings. The van der Waals surface area contributed by atoms with Crippen LogP contribution < -0.4 is 0 Å². The monoisotopic (exact) mass is 1310 g/mol. The minimum absolute atomic E-state index is 0.103. The molecule has 0 aliphatic carbocycles. The molecule has 3 unspecified atom stereocenters. The van der Waals surface area contributed by atoms with E-state index in [0.717, 1.165) is 120 Å². The van der Waals surface area contributed by atoms with Gasteiger partial charge in [0.05, 0.1) is 26.4 Å². The molecule has 0 aromatic heterocycles. The number of carbonyl (C=O) groups excluding carboxylic acids is 4. The van der Waals surface area contributed by atoms with Crippen LogP contribution >= 0.6 is 15.6 Å². The van der Waals surface area contributed by atoms with Gasteiger partial charge in [0.2, 0.25) is 0 Å². The maximum absolute atomic E-state index is 13.0. The molecule has 0 heterocycles. The maximum atomic E-state index is 13.0. The van der Waals surface area contributed by atoms with Crippen molar-refractivity contribution in [3.05, 3.63) is 0 Å². The SMILES string of the molecule is CCC(C)CCCCCCCCC(=O)OC[C@H](COP(=O)(O)OC[C@H](O)COP(=O)(O)OC[C@@H](COC(=O)CCCCCCCCCCCCCCC(C)C)OC(=O)CCCCCCCCCCCCC(C)C)OC(=O)CCCCCCCCCCC(C)C. The highest BCUT2D eigenvalue weighted by molar-refractivity contribution is 7.47. The average molecular weight is 1310 g/mol. The summed E-state index contributed by atoms with van der Waals surface area (Å²) in [7, 11) is -9.90. The van der Waals surface area contributed by atoms with Crippen LogP contribution in [0, 0.1) is 23.7 Å². The first-order valence-corrected chi connectivity index (χ1v) is 39.2. The molecule has 0 spiro atoms. The molecule has 17 nitrogen and oxygen atoms in total. The first kappa shape index (κ1) is 87.1. The molecule has 0 aliphatic rings. The van der Waals surface area contributed by atoms with E-state index in [1.54, 1.807) is 0 Å². The minimum Gasteiger partial charge on any atom is -0.462 e. The summed E-state index contributed by atoms with van der Waals surface area (Å²) in [5.41, 5.74) is 0. The Balaban J connectivity index is 5.26. The fourth-order valence-electron chi connectivity index (χ4n) is 10.5. The van der Waals surface area contributed by atoms with Gasteiger partial charge in [-0.2, -0.15) is 0 Å². The second-order valence-electron chi connectivity index (χ2n) is 26.9. The molecule has 0 aromatic carbocycles. The van der Waals surface area contributed by atoms with Crippen molar-refractivity contribution >= 4 is 39.5 Å². The van der Waals surface area contributed by atoms with Crippen LogP contribution in [0.15, 0.2) is 0 Å². The van der Waals surface area contributed by atoms with Crippen LogP contribution in [0.5, 0.6) is 0 Å². The second-order valence-corrected chi connectivity index (χ2v) is 29.8. The van der Waals surface area contributed by atoms with E-state index >= 15 is 0 Å². The van der Waals surface area contributed by atoms with Crippen LogP contribution in [-0.4, -0.2) is 96.7 Å². The Kier molecular flexibility index (Phi) is 58.5. The number of phosphoric ester groups is 2. The molecule has 0 bridgehead atoms. The molecule has 0 rings (SSSR count). The number of esters is 4. The average Bonchev–Trinajstić information content (AvgIpc) is 3.67. The Morgan fingerprint density at radius 2 is 0.539 bits per heavy atom. The van der Waals surface area contributed by atoms with E-state index in [4.69, 9.17) is 37.0 Å². The van der Waals surface area contributed by atoms with E-state index in [2.05, 4.69) is 55.4 Å². The molecule has 0 fully saturated rings. The van der Waals surface area contributed by atoms with Gasteiger partial charge in [0, 0.05) is 25.7 Å². The summed E-state index contributed by atoms with van der Waals surface area (Å²) < 4.78 is 68.3. The molecular weight excluding hydrogens is 1170 g/mol. The first-order chi connectivity index (χ1) is 42.6. The third-order valence-corrected chi connectivity index (χ3v) is 18.3. The maximum Gasteiger partial charge on any atom is 0.472 e. The topological polar surface area (TPSA) is 237 Å². The van der Waals surface area contributed by atoms with Crippen LogP contribution in [0.2, 0.25) is 0 Å². The number of hydrogen-bond acceptors (Lipinski definition) is 15. The van der Waals surface area contributed by atoms with Crippen molar-refractivity contribution in [2.24, 2.45) is 23.7 Å². The van der Waals surface area contributed by atoms with E-state index < -0.39 is 97.5 Å². The molecule has 0 saturated heterocycles. The van der Waals surface area contributed by atoms with Gasteiger partial charge in [0.1, 0.15) is 19.3 Å². The second kappa shape index (κ2) is 59.8. The summed E-state index contributed by atoms with van der Waals surface area (Å²) in [4.78, 5) is 72.5. The zero-order chi connectivity index (χ0) is 66.1. The Hall–Kier alpha value is -1.94. The molecule has 19 heteroatoms. The Bertz CT molecular complexity index is 1770. The van der Waals surface area contributed by atoms with Crippen molar-refractivity contribution in [3.63, 3.8) is 0 Å². The van der Waals surface area contributed by atoms with Gasteiger partial charge in [-0.15, -0.1) is 0 Å². The Morgan fingerprint density at radius 3 is 0.798 bits per heavy atom. The fraction of sp³-hybridized carbons (Fsp3) is 0.943. The number of carbonyl (C=O) groups is 4. The normalized spacial score (nSPS) is 14.6. The Labute approximate surface area is 543 Å². The largest absolute Gasteiger partial charge is 0.472 e. The molecule has 0 amide bonds. The van der Waals surface area contributed by atoms with E-state index in [0.29, 0.717) is 25.7 Å². The van der Waals surface area contributed by atoms with Gasteiger partial charge < -0.3 is 33.8 Å². The van der Waals surface area contributed by atoms with Crippen LogP contribution in [0.1, 0.15) is 344 Å². The number of rotatable bonds is 67. The zero-order valence-electron chi connectivity index (χ0n) is 58.1. The van der Waals surface area contributed by atoms with Crippen LogP contribution in [-0.2, 0) is 65.4 Å². The number of aliphatic hydroxyl groups excluding tert-OH is 1. The van der Waals surface area contributed by atoms with Gasteiger partial charge in [0.15, 0.2) is 12.2 Å². The van der Waals surface area contributed by atoms with Crippen LogP contribution in [0.4, 0.5) is 0 Å². The summed E-state index contributed by atoms with van der Waals surface area (Å²) >= 11 is 0. The fourth-order valence-corrected chi connectivity index (χ4v) is 12.0. The molecule has 3 N–H and O–H groups in total. The van der Waals surface area contributed by atoms with Crippen molar-refractivity contribution in [2.75, 3.05) is 39.6 Å². The summed E-state index contributed by atoms with van der Waals surface area (Å²) in [5.74, 6) is 0.852. The molecule has 89 heavy (non-hydrogen) atoms. The number of aliphatic hydroxyl groups is 1. The lowest BCUT2D eigenvalue weighted by Gasteiger charge is -2.21. The quantitative estimate of drug-likeness (QED) is 0.0222. The Morgan fingerprint density at radius 1 is 0.315 bits per heavy atom. The van der Waals surface area contributed by atoms with E-state index in [-0.39, 0.29) is 25.7 Å². The van der Waals surface area contributed by atoms with Crippen molar-refractivity contribution in [1.29, 1.82) is 0 Å². The van der Waals surface area contributed by atoms with Crippen LogP contribution in [0.3, 0.4) is 0 Å². The summed E-state index contributed by atoms with van der Waals surface area (Å²) in [6.45, 7) is 14.1. The van der Waals surface area contributed by atoms with Gasteiger partial charge in [-0.1, -0.05) is 293 Å². The van der Waals surface area contributed by atoms with Crippen molar-refractivity contribution in [2.45, 2.75) is 363 Å². The molecule has 528 valence electrons. The predicted molar refractivity (Wildman–Crippen MR) is 358 cm³/mol. The van der Waals surface area contributed by atoms with Gasteiger partial charge in [0.25, 0.3) is 0 Å². The standard InChI is InChI=1S/C70H136O17P2/c1-9-63(8)49-41-33-28-29-35-43-51-68(73)81-57-66(87-70(75)53-45-37-27-21-20-24-32-40-48-62(6)7)59-85-89(78,79)83-55-64(71)54-82-88(76,77)84-58-65(86-69(74)52-44-36-26-19-15-14-17-23-31-39-47-61(4)5)56-80-67(72)50-42-34-25-18-13-11-10-12-16-22-30-38-46-60(2)3/h60-66,71H,9-59H2,1-8H3,(H,76,77)(H,78,79)/t63?,64-,65-,66-/m1/s1. The van der Waals surface area contributed by atoms with Crippen molar-refractivity contribution < 1.29 is 80.2 Å². The highest BCUT2D eigenvalue weighted by atomic mass is 31.2. The minimum atomic E-state index is -4.95. The molecule has 6 atom stereocenters. The first-order valence-electron chi connectivity index (χ1n) is 36.2. The molecule has 0 radical (unpaired) electrons. The predicted octanol–water partition coefficient (Wildman–Crippen LogP) is 19.7. The van der Waals surface area contributed by atoms with Crippen LogP contribution in [0.25, 0.3) is 0 Å². The smallest absolute Gasteiger partial charge is 0.462 e. The summed E-state index contributed by atoms with van der Waals surface area (Å²) in [5, 5.41) is 10.6. The van der Waals surface area contributed by atoms with E-state index in [1.165, 1.54) is 141 Å². The summed E-state index contributed by atoms with van der Waals surface area (Å²) in [6.07, 6.45) is 41.7. The van der Waals surface area contributed by atoms with Crippen molar-refractivity contribution in [1.82, 2.24) is 0 Å². The van der Waals surface area contributed by atoms with E-state index in [1.807, 2.05) is 0 Å². The molecule has 0 saturated carbocycles. The highest BCUT2D eigenvalue weighted by Crippen LogP contribution is 2.45. The number of ether oxygens (including phenoxy) is 4. The van der Waals surface area contributed by atoms with Gasteiger partial charge in [-0.3, -0.25) is 37.3 Å². The third-order valence-electron chi connectivity index (χ3n) is 16.4. The number of hydrogen-bond donors (Lipinski definition) is 3. The van der Waals surface area contributed by atoms with Gasteiger partial charge >= 0.3 is 39.5 Å².